The number of hydrogen-bond donors (Lipinski definition) is 2. The molecule has 202 valence electrons. The quantitative estimate of drug-likeness (QED) is 0.482. The van der Waals surface area contributed by atoms with Crippen molar-refractivity contribution in [3.8, 4) is 5.75 Å². The van der Waals surface area contributed by atoms with Gasteiger partial charge in [0.15, 0.2) is 0 Å². The number of aryl methyl sites for hydroxylation is 2. The number of anilines is 1. The van der Waals surface area contributed by atoms with Crippen LogP contribution in [0.15, 0.2) is 29.1 Å². The number of nitrogens with one attached hydrogen (secondary N) is 2. The fourth-order valence-electron chi connectivity index (χ4n) is 5.43. The van der Waals surface area contributed by atoms with E-state index in [0.717, 1.165) is 60.2 Å². The van der Waals surface area contributed by atoms with Crippen molar-refractivity contribution in [1.82, 2.24) is 20.2 Å². The Labute approximate surface area is 228 Å². The van der Waals surface area contributed by atoms with E-state index < -0.39 is 5.91 Å². The van der Waals surface area contributed by atoms with E-state index in [1.807, 2.05) is 32.0 Å². The van der Waals surface area contributed by atoms with Crippen molar-refractivity contribution in [2.45, 2.75) is 58.0 Å². The van der Waals surface area contributed by atoms with Crippen LogP contribution in [0.25, 0.3) is 10.9 Å². The van der Waals surface area contributed by atoms with Gasteiger partial charge in [-0.15, -0.1) is 0 Å². The molecule has 1 saturated carbocycles. The summed E-state index contributed by atoms with van der Waals surface area (Å²) in [5.74, 6) is 0.507. The number of pyridine rings is 2. The molecule has 8 nitrogen and oxygen atoms in total. The SMILES string of the molecule is COc1cc([C@H](C)NC(=O)c2c(N3CCN[C@@H](C)CC3)c3cc(C)nc(C4CC4)c3n(C)c2=O)ccc1Cl. The van der Waals surface area contributed by atoms with Gasteiger partial charge in [0, 0.05) is 49.7 Å². The Morgan fingerprint density at radius 2 is 2.00 bits per heavy atom. The van der Waals surface area contributed by atoms with Crippen molar-refractivity contribution in [3.05, 3.63) is 62.2 Å². The maximum atomic E-state index is 14.0. The van der Waals surface area contributed by atoms with Crippen LogP contribution in [0, 0.1) is 6.92 Å². The van der Waals surface area contributed by atoms with Gasteiger partial charge in [0.05, 0.1) is 35.1 Å². The van der Waals surface area contributed by atoms with Crippen LogP contribution in [0.2, 0.25) is 5.02 Å². The predicted octanol–water partition coefficient (Wildman–Crippen LogP) is 4.46. The molecule has 2 fully saturated rings. The summed E-state index contributed by atoms with van der Waals surface area (Å²) in [6.07, 6.45) is 3.06. The number of benzene rings is 1. The molecule has 3 aromatic rings. The summed E-state index contributed by atoms with van der Waals surface area (Å²) in [7, 11) is 3.32. The van der Waals surface area contributed by atoms with Crippen LogP contribution in [-0.4, -0.2) is 48.2 Å². The Hall–Kier alpha value is -3.10. The molecule has 2 aliphatic rings. The monoisotopic (exact) mass is 537 g/mol. The highest BCUT2D eigenvalue weighted by Crippen LogP contribution is 2.43. The van der Waals surface area contributed by atoms with Crippen molar-refractivity contribution in [1.29, 1.82) is 0 Å². The van der Waals surface area contributed by atoms with Gasteiger partial charge in [0.25, 0.3) is 11.5 Å². The second kappa shape index (κ2) is 10.6. The van der Waals surface area contributed by atoms with E-state index in [1.165, 1.54) is 0 Å². The first-order valence-electron chi connectivity index (χ1n) is 13.4. The Kier molecular flexibility index (Phi) is 7.38. The van der Waals surface area contributed by atoms with Gasteiger partial charge in [0.2, 0.25) is 0 Å². The number of nitrogens with zero attached hydrogens (tertiary/aromatic N) is 3. The van der Waals surface area contributed by atoms with E-state index in [4.69, 9.17) is 21.3 Å². The lowest BCUT2D eigenvalue weighted by molar-refractivity contribution is 0.0938. The number of aromatic nitrogens is 2. The molecule has 1 aliphatic carbocycles. The Bertz CT molecular complexity index is 1450. The number of carbonyl (C=O) groups excluding carboxylic acids is 1. The summed E-state index contributed by atoms with van der Waals surface area (Å²) in [6, 6.07) is 7.44. The van der Waals surface area contributed by atoms with Gasteiger partial charge in [-0.2, -0.15) is 0 Å². The molecule has 0 spiro atoms. The topological polar surface area (TPSA) is 88.5 Å². The normalized spacial score (nSPS) is 18.8. The number of carbonyl (C=O) groups is 1. The van der Waals surface area contributed by atoms with Crippen LogP contribution in [0.1, 0.15) is 72.4 Å². The molecule has 1 saturated heterocycles. The molecule has 3 heterocycles. The Morgan fingerprint density at radius 1 is 1.24 bits per heavy atom. The average Bonchev–Trinajstić information content (AvgIpc) is 3.74. The molecule has 0 unspecified atom stereocenters. The third-order valence-corrected chi connectivity index (χ3v) is 8.04. The maximum absolute atomic E-state index is 14.0. The van der Waals surface area contributed by atoms with Crippen molar-refractivity contribution >= 4 is 34.1 Å². The first-order chi connectivity index (χ1) is 18.2. The molecule has 2 N–H and O–H groups in total. The molecule has 1 aliphatic heterocycles. The zero-order chi connectivity index (χ0) is 27.1. The van der Waals surface area contributed by atoms with Crippen LogP contribution in [-0.2, 0) is 7.05 Å². The van der Waals surface area contributed by atoms with E-state index in [-0.39, 0.29) is 17.2 Å². The molecule has 1 amide bonds. The minimum Gasteiger partial charge on any atom is -0.495 e. The predicted molar refractivity (Wildman–Crippen MR) is 152 cm³/mol. The van der Waals surface area contributed by atoms with E-state index in [9.17, 15) is 9.59 Å². The molecule has 1 aromatic carbocycles. The standard InChI is InChI=1S/C29H36ClN5O3/c1-16-10-12-35(13-11-31-16)26-21-14-17(2)32-25(19-6-7-19)27(21)34(4)29(37)24(26)28(36)33-18(3)20-8-9-22(30)23(15-20)38-5/h8-9,14-16,18-19,31H,6-7,10-13H2,1-5H3,(H,33,36)/t16-,18-/m0/s1. The zero-order valence-electron chi connectivity index (χ0n) is 22.7. The van der Waals surface area contributed by atoms with Crippen LogP contribution >= 0.6 is 11.6 Å². The fraction of sp³-hybridized carbons (Fsp3) is 0.483. The summed E-state index contributed by atoms with van der Waals surface area (Å²) in [5.41, 5.74) is 4.13. The number of ether oxygens (including phenoxy) is 1. The second-order valence-corrected chi connectivity index (χ2v) is 11.0. The molecule has 5 rings (SSSR count). The van der Waals surface area contributed by atoms with Crippen LogP contribution < -0.4 is 25.8 Å². The van der Waals surface area contributed by atoms with Gasteiger partial charge in [-0.1, -0.05) is 17.7 Å². The summed E-state index contributed by atoms with van der Waals surface area (Å²) < 4.78 is 6.99. The minimum absolute atomic E-state index is 0.176. The fourth-order valence-corrected chi connectivity index (χ4v) is 5.63. The molecule has 38 heavy (non-hydrogen) atoms. The summed E-state index contributed by atoms with van der Waals surface area (Å²) >= 11 is 6.21. The van der Waals surface area contributed by atoms with Gasteiger partial charge in [-0.05, 0) is 63.8 Å². The number of rotatable bonds is 6. The first-order valence-corrected chi connectivity index (χ1v) is 13.7. The van der Waals surface area contributed by atoms with Crippen LogP contribution in [0.5, 0.6) is 5.75 Å². The van der Waals surface area contributed by atoms with E-state index in [0.29, 0.717) is 35.0 Å². The van der Waals surface area contributed by atoms with Crippen molar-refractivity contribution in [2.24, 2.45) is 7.05 Å². The van der Waals surface area contributed by atoms with Crippen molar-refractivity contribution < 1.29 is 9.53 Å². The van der Waals surface area contributed by atoms with Gasteiger partial charge in [-0.25, -0.2) is 0 Å². The maximum Gasteiger partial charge on any atom is 0.265 e. The molecule has 9 heteroatoms. The largest absolute Gasteiger partial charge is 0.495 e. The minimum atomic E-state index is -0.392. The third-order valence-electron chi connectivity index (χ3n) is 7.73. The molecule has 2 atom stereocenters. The lowest BCUT2D eigenvalue weighted by Crippen LogP contribution is -2.39. The lowest BCUT2D eigenvalue weighted by atomic mass is 10.0. The number of methoxy groups -OCH3 is 1. The van der Waals surface area contributed by atoms with Gasteiger partial charge < -0.3 is 24.8 Å². The molecular weight excluding hydrogens is 502 g/mol. The second-order valence-electron chi connectivity index (χ2n) is 10.6. The molecule has 2 aromatic heterocycles. The van der Waals surface area contributed by atoms with Crippen LogP contribution in [0.3, 0.4) is 0 Å². The third kappa shape index (κ3) is 4.99. The number of fused-ring (bicyclic) bond motifs is 1. The zero-order valence-corrected chi connectivity index (χ0v) is 23.5. The molecular formula is C29H36ClN5O3. The summed E-state index contributed by atoms with van der Waals surface area (Å²) in [5, 5.41) is 8.02. The highest BCUT2D eigenvalue weighted by atomic mass is 35.5. The number of hydrogen-bond acceptors (Lipinski definition) is 6. The summed E-state index contributed by atoms with van der Waals surface area (Å²) in [4.78, 5) is 35.0. The van der Waals surface area contributed by atoms with Gasteiger partial charge in [0.1, 0.15) is 11.3 Å². The van der Waals surface area contributed by atoms with Crippen LogP contribution in [0.4, 0.5) is 5.69 Å². The number of amides is 1. The van der Waals surface area contributed by atoms with Crippen molar-refractivity contribution in [3.63, 3.8) is 0 Å². The van der Waals surface area contributed by atoms with Gasteiger partial charge >= 0.3 is 0 Å². The Morgan fingerprint density at radius 3 is 2.71 bits per heavy atom. The molecule has 0 radical (unpaired) electrons. The van der Waals surface area contributed by atoms with E-state index >= 15 is 0 Å². The van der Waals surface area contributed by atoms with E-state index in [1.54, 1.807) is 24.8 Å². The van der Waals surface area contributed by atoms with E-state index in [2.05, 4.69) is 22.5 Å². The van der Waals surface area contributed by atoms with Crippen molar-refractivity contribution in [2.75, 3.05) is 31.6 Å². The highest BCUT2D eigenvalue weighted by Gasteiger charge is 2.33. The molecule has 0 bridgehead atoms. The highest BCUT2D eigenvalue weighted by molar-refractivity contribution is 6.32. The first kappa shape index (κ1) is 26.5. The Balaban J connectivity index is 1.65. The number of halogens is 1. The summed E-state index contributed by atoms with van der Waals surface area (Å²) in [6.45, 7) is 8.28. The average molecular weight is 538 g/mol. The lowest BCUT2D eigenvalue weighted by Gasteiger charge is -2.28. The van der Waals surface area contributed by atoms with Gasteiger partial charge in [-0.3, -0.25) is 14.6 Å². The smallest absolute Gasteiger partial charge is 0.265 e.